The number of aromatic nitrogens is 1. The van der Waals surface area contributed by atoms with Crippen molar-refractivity contribution in [2.24, 2.45) is 0 Å². The number of nitriles is 1. The molecule has 124 valence electrons. The highest BCUT2D eigenvalue weighted by Crippen LogP contribution is 2.28. The summed E-state index contributed by atoms with van der Waals surface area (Å²) >= 11 is 2.60. The molecule has 0 spiro atoms. The van der Waals surface area contributed by atoms with Crippen LogP contribution in [0.15, 0.2) is 64.9 Å². The highest BCUT2D eigenvalue weighted by atomic mass is 32.2. The minimum Gasteiger partial charge on any atom is -0.297 e. The first-order valence-electron chi connectivity index (χ1n) is 7.49. The van der Waals surface area contributed by atoms with E-state index in [2.05, 4.69) is 11.1 Å². The molecule has 1 aromatic heterocycles. The van der Waals surface area contributed by atoms with Crippen LogP contribution in [0.4, 0.5) is 4.39 Å². The van der Waals surface area contributed by atoms with E-state index >= 15 is 0 Å². The number of rotatable bonds is 6. The van der Waals surface area contributed by atoms with E-state index in [-0.39, 0.29) is 17.4 Å². The average molecular weight is 368 g/mol. The van der Waals surface area contributed by atoms with Gasteiger partial charge in [0.25, 0.3) is 0 Å². The van der Waals surface area contributed by atoms with E-state index < -0.39 is 5.92 Å². The molecule has 0 N–H and O–H groups in total. The quantitative estimate of drug-likeness (QED) is 0.580. The molecule has 3 aromatic rings. The number of hydrogen-bond donors (Lipinski definition) is 0. The first-order valence-corrected chi connectivity index (χ1v) is 9.35. The third-order valence-corrected chi connectivity index (χ3v) is 5.43. The Hall–Kier alpha value is -2.49. The Morgan fingerprint density at radius 1 is 1.20 bits per heavy atom. The van der Waals surface area contributed by atoms with Gasteiger partial charge in [-0.05, 0) is 24.3 Å². The van der Waals surface area contributed by atoms with Gasteiger partial charge in [-0.3, -0.25) is 4.79 Å². The molecule has 0 aliphatic rings. The maximum atomic E-state index is 12.9. The molecule has 0 bridgehead atoms. The van der Waals surface area contributed by atoms with Crippen molar-refractivity contribution in [2.45, 2.75) is 10.8 Å². The smallest absolute Gasteiger partial charge is 0.167 e. The lowest BCUT2D eigenvalue weighted by Crippen LogP contribution is -2.13. The van der Waals surface area contributed by atoms with Gasteiger partial charge < -0.3 is 0 Å². The lowest BCUT2D eigenvalue weighted by Gasteiger charge is -2.05. The minimum absolute atomic E-state index is 0.143. The van der Waals surface area contributed by atoms with Gasteiger partial charge in [-0.25, -0.2) is 9.37 Å². The number of nitrogens with zero attached hydrogens (tertiary/aromatic N) is 2. The van der Waals surface area contributed by atoms with E-state index in [0.717, 1.165) is 16.2 Å². The number of halogens is 1. The fraction of sp³-hybridized carbons (Fsp3) is 0.105. The Morgan fingerprint density at radius 3 is 2.60 bits per heavy atom. The van der Waals surface area contributed by atoms with Crippen molar-refractivity contribution < 1.29 is 9.18 Å². The SMILES string of the molecule is N#CC(C(=O)CSc1ccc(F)cc1)c1nc(-c2ccccc2)cs1. The maximum absolute atomic E-state index is 12.9. The second kappa shape index (κ2) is 8.06. The molecule has 3 nitrogen and oxygen atoms in total. The Bertz CT molecular complexity index is 901. The van der Waals surface area contributed by atoms with E-state index in [1.807, 2.05) is 35.7 Å². The third kappa shape index (κ3) is 4.32. The molecule has 1 unspecified atom stereocenters. The highest BCUT2D eigenvalue weighted by Gasteiger charge is 2.23. The predicted molar refractivity (Wildman–Crippen MR) is 98.0 cm³/mol. The molecule has 1 atom stereocenters. The number of hydrogen-bond acceptors (Lipinski definition) is 5. The number of benzene rings is 2. The Kier molecular flexibility index (Phi) is 5.59. The third-order valence-electron chi connectivity index (χ3n) is 3.48. The van der Waals surface area contributed by atoms with Crippen molar-refractivity contribution >= 4 is 28.9 Å². The van der Waals surface area contributed by atoms with Crippen molar-refractivity contribution in [2.75, 3.05) is 5.75 Å². The lowest BCUT2D eigenvalue weighted by molar-refractivity contribution is -0.116. The number of Topliss-reactive ketones (excluding diaryl/α,β-unsaturated/α-hetero) is 1. The summed E-state index contributed by atoms with van der Waals surface area (Å²) in [6.45, 7) is 0. The molecule has 0 radical (unpaired) electrons. The predicted octanol–water partition coefficient (Wildman–Crippen LogP) is 4.92. The molecule has 0 aliphatic carbocycles. The van der Waals surface area contributed by atoms with Crippen molar-refractivity contribution in [1.82, 2.24) is 4.98 Å². The summed E-state index contributed by atoms with van der Waals surface area (Å²) in [5.74, 6) is -1.26. The number of carbonyl (C=O) groups is 1. The monoisotopic (exact) mass is 368 g/mol. The Balaban J connectivity index is 1.69. The summed E-state index contributed by atoms with van der Waals surface area (Å²) < 4.78 is 12.9. The molecule has 0 saturated heterocycles. The molecule has 0 amide bonds. The van der Waals surface area contributed by atoms with E-state index in [1.54, 1.807) is 12.1 Å². The van der Waals surface area contributed by atoms with Gasteiger partial charge >= 0.3 is 0 Å². The van der Waals surface area contributed by atoms with Crippen LogP contribution < -0.4 is 0 Å². The van der Waals surface area contributed by atoms with Crippen LogP contribution in [0.1, 0.15) is 10.9 Å². The maximum Gasteiger partial charge on any atom is 0.167 e. The van der Waals surface area contributed by atoms with E-state index in [0.29, 0.717) is 5.01 Å². The first kappa shape index (κ1) is 17.3. The molecule has 25 heavy (non-hydrogen) atoms. The largest absolute Gasteiger partial charge is 0.297 e. The molecule has 0 saturated carbocycles. The molecule has 2 aromatic carbocycles. The lowest BCUT2D eigenvalue weighted by atomic mass is 10.1. The number of ketones is 1. The van der Waals surface area contributed by atoms with Crippen molar-refractivity contribution in [3.05, 3.63) is 70.8 Å². The molecule has 3 rings (SSSR count). The first-order chi connectivity index (χ1) is 12.2. The van der Waals surface area contributed by atoms with Gasteiger partial charge in [0.15, 0.2) is 11.7 Å². The summed E-state index contributed by atoms with van der Waals surface area (Å²) in [4.78, 5) is 17.7. The van der Waals surface area contributed by atoms with Gasteiger partial charge in [-0.15, -0.1) is 23.1 Å². The van der Waals surface area contributed by atoms with Crippen molar-refractivity contribution in [3.63, 3.8) is 0 Å². The molecular weight excluding hydrogens is 355 g/mol. The van der Waals surface area contributed by atoms with Crippen LogP contribution >= 0.6 is 23.1 Å². The number of thiazole rings is 1. The molecule has 0 aliphatic heterocycles. The fourth-order valence-corrected chi connectivity index (χ4v) is 3.89. The normalized spacial score (nSPS) is 11.7. The van der Waals surface area contributed by atoms with Crippen molar-refractivity contribution in [1.29, 1.82) is 5.26 Å². The highest BCUT2D eigenvalue weighted by molar-refractivity contribution is 8.00. The van der Waals surface area contributed by atoms with E-state index in [1.165, 1.54) is 35.2 Å². The Labute approximate surface area is 153 Å². The van der Waals surface area contributed by atoms with Crippen LogP contribution in [0.3, 0.4) is 0 Å². The van der Waals surface area contributed by atoms with Crippen LogP contribution in [0.5, 0.6) is 0 Å². The topological polar surface area (TPSA) is 53.8 Å². The molecule has 6 heteroatoms. The zero-order valence-electron chi connectivity index (χ0n) is 13.1. The average Bonchev–Trinajstić information content (AvgIpc) is 3.12. The summed E-state index contributed by atoms with van der Waals surface area (Å²) in [5.41, 5.74) is 1.72. The van der Waals surface area contributed by atoms with Crippen LogP contribution in [-0.2, 0) is 4.79 Å². The van der Waals surface area contributed by atoms with Gasteiger partial charge in [-0.1, -0.05) is 30.3 Å². The van der Waals surface area contributed by atoms with Crippen LogP contribution in [0.2, 0.25) is 0 Å². The second-order valence-corrected chi connectivity index (χ2v) is 7.15. The van der Waals surface area contributed by atoms with Crippen LogP contribution in [0, 0.1) is 17.1 Å². The standard InChI is InChI=1S/C19H13FN2OS2/c20-14-6-8-15(9-7-14)24-12-18(23)16(10-21)19-22-17(11-25-19)13-4-2-1-3-5-13/h1-9,11,16H,12H2. The van der Waals surface area contributed by atoms with Gasteiger partial charge in [0.2, 0.25) is 0 Å². The van der Waals surface area contributed by atoms with E-state index in [4.69, 9.17) is 0 Å². The van der Waals surface area contributed by atoms with Crippen LogP contribution in [-0.4, -0.2) is 16.5 Å². The molecule has 0 fully saturated rings. The van der Waals surface area contributed by atoms with Gasteiger partial charge in [-0.2, -0.15) is 5.26 Å². The summed E-state index contributed by atoms with van der Waals surface area (Å²) in [6.07, 6.45) is 0. The fourth-order valence-electron chi connectivity index (χ4n) is 2.20. The zero-order chi connectivity index (χ0) is 17.6. The summed E-state index contributed by atoms with van der Waals surface area (Å²) in [6, 6.07) is 17.6. The second-order valence-electron chi connectivity index (χ2n) is 5.21. The summed E-state index contributed by atoms with van der Waals surface area (Å²) in [7, 11) is 0. The van der Waals surface area contributed by atoms with Gasteiger partial charge in [0.1, 0.15) is 10.8 Å². The molecule has 1 heterocycles. The van der Waals surface area contributed by atoms with Crippen LogP contribution in [0.25, 0.3) is 11.3 Å². The molecular formula is C19H13FN2OS2. The minimum atomic E-state index is -0.879. The van der Waals surface area contributed by atoms with Crippen molar-refractivity contribution in [3.8, 4) is 17.3 Å². The van der Waals surface area contributed by atoms with E-state index in [9.17, 15) is 14.4 Å². The Morgan fingerprint density at radius 2 is 1.92 bits per heavy atom. The zero-order valence-corrected chi connectivity index (χ0v) is 14.7. The number of carbonyl (C=O) groups excluding carboxylic acids is 1. The van der Waals surface area contributed by atoms with Gasteiger partial charge in [0, 0.05) is 15.8 Å². The summed E-state index contributed by atoms with van der Waals surface area (Å²) in [5, 5.41) is 11.8. The number of thioether (sulfide) groups is 1. The van der Waals surface area contributed by atoms with Gasteiger partial charge in [0.05, 0.1) is 17.5 Å².